The summed E-state index contributed by atoms with van der Waals surface area (Å²) in [5, 5.41) is 0. The summed E-state index contributed by atoms with van der Waals surface area (Å²) in [6, 6.07) is 0. The summed E-state index contributed by atoms with van der Waals surface area (Å²) in [5.74, 6) is 0. The van der Waals surface area contributed by atoms with Crippen LogP contribution < -0.4 is 0 Å². The van der Waals surface area contributed by atoms with Crippen LogP contribution in [0.25, 0.3) is 0 Å². The Kier molecular flexibility index (Phi) is 3070. The fourth-order valence-electron chi connectivity index (χ4n) is 0. The van der Waals surface area contributed by atoms with Gasteiger partial charge in [-0.25, -0.2) is 0 Å². The molecular formula is IrO4Sn-4. The molecule has 0 saturated heterocycles. The van der Waals surface area contributed by atoms with E-state index in [1.54, 1.807) is 0 Å². The van der Waals surface area contributed by atoms with Crippen molar-refractivity contribution in [3.8, 4) is 0 Å². The van der Waals surface area contributed by atoms with E-state index in [2.05, 4.69) is 0 Å². The predicted molar refractivity (Wildman–Crippen MR) is 8.50 cm³/mol. The minimum Gasteiger partial charge on any atom is -2.00 e. The third-order valence-electron chi connectivity index (χ3n) is 0. The molecule has 1 radical (unpaired) electrons. The van der Waals surface area contributed by atoms with Gasteiger partial charge in [0.25, 0.3) is 0 Å². The Labute approximate surface area is 65.8 Å². The molecule has 0 aromatic heterocycles. The third-order valence-corrected chi connectivity index (χ3v) is 0. The van der Waals surface area contributed by atoms with Crippen molar-refractivity contribution in [2.24, 2.45) is 0 Å². The van der Waals surface area contributed by atoms with Crippen LogP contribution in [0.3, 0.4) is 0 Å². The van der Waals surface area contributed by atoms with Gasteiger partial charge in [-0.05, 0) is 0 Å². The van der Waals surface area contributed by atoms with E-state index in [1.807, 2.05) is 0 Å². The minimum atomic E-state index is 0. The zero-order chi connectivity index (χ0) is 0. The van der Waals surface area contributed by atoms with Gasteiger partial charge in [0.2, 0.25) is 0 Å². The molecule has 0 bridgehead atoms. The number of hydrogen-bond donors (Lipinski definition) is 0. The van der Waals surface area contributed by atoms with Gasteiger partial charge in [-0.1, -0.05) is 0 Å². The number of hydrogen-bond acceptors (Lipinski definition) is 0. The van der Waals surface area contributed by atoms with E-state index in [4.69, 9.17) is 0 Å². The Morgan fingerprint density at radius 2 is 0.500 bits per heavy atom. The van der Waals surface area contributed by atoms with Crippen LogP contribution in [0.2, 0.25) is 0 Å². The summed E-state index contributed by atoms with van der Waals surface area (Å²) in [6.07, 6.45) is 0. The predicted octanol–water partition coefficient (Wildman–Crippen LogP) is -0.859. The summed E-state index contributed by atoms with van der Waals surface area (Å²) >= 11 is 0. The first kappa shape index (κ1) is 174. The standard InChI is InChI=1S/Ir.4O.Sn/q;4*-2;+4. The molecule has 0 aliphatic carbocycles. The second-order valence-electron chi connectivity index (χ2n) is 0. The van der Waals surface area contributed by atoms with Crippen molar-refractivity contribution in [1.82, 2.24) is 0 Å². The molecule has 0 aromatic carbocycles. The van der Waals surface area contributed by atoms with Crippen LogP contribution in [-0.4, -0.2) is 23.9 Å². The van der Waals surface area contributed by atoms with Crippen molar-refractivity contribution in [2.45, 2.75) is 0 Å². The van der Waals surface area contributed by atoms with Crippen LogP contribution in [0.15, 0.2) is 0 Å². The van der Waals surface area contributed by atoms with E-state index < -0.39 is 0 Å². The maximum atomic E-state index is 0. The Bertz CT molecular complexity index is 7.51. The van der Waals surface area contributed by atoms with Crippen LogP contribution >= 0.6 is 0 Å². The van der Waals surface area contributed by atoms with E-state index >= 15 is 0 Å². The van der Waals surface area contributed by atoms with Crippen molar-refractivity contribution < 1.29 is 42.0 Å². The molecule has 0 aromatic rings. The van der Waals surface area contributed by atoms with Gasteiger partial charge in [-0.15, -0.1) is 0 Å². The molecule has 6 heteroatoms. The van der Waals surface area contributed by atoms with Crippen LogP contribution in [0.5, 0.6) is 0 Å². The fraction of sp³-hybridized carbons (Fsp3) is 0. The van der Waals surface area contributed by atoms with Gasteiger partial charge in [0.1, 0.15) is 0 Å². The molecular weight excluding hydrogens is 375 g/mol. The quantitative estimate of drug-likeness (QED) is 0.491. The fourth-order valence-corrected chi connectivity index (χ4v) is 0. The first-order valence-corrected chi connectivity index (χ1v) is 0. The maximum absolute atomic E-state index is 0. The molecule has 0 aliphatic heterocycles. The van der Waals surface area contributed by atoms with Crippen LogP contribution in [-0.2, 0) is 42.0 Å². The van der Waals surface area contributed by atoms with Gasteiger partial charge >= 0.3 is 23.9 Å². The van der Waals surface area contributed by atoms with Gasteiger partial charge in [0, 0.05) is 20.1 Å². The average Bonchev–Trinajstić information content (AvgIpc) is 0. The molecule has 6 heavy (non-hydrogen) atoms. The van der Waals surface area contributed by atoms with Crippen molar-refractivity contribution in [2.75, 3.05) is 0 Å². The van der Waals surface area contributed by atoms with Crippen molar-refractivity contribution in [3.05, 3.63) is 0 Å². The van der Waals surface area contributed by atoms with E-state index in [0.29, 0.717) is 0 Å². The van der Waals surface area contributed by atoms with Crippen molar-refractivity contribution >= 4 is 23.9 Å². The van der Waals surface area contributed by atoms with Crippen LogP contribution in [0.4, 0.5) is 0 Å². The number of rotatable bonds is 0. The Hall–Kier alpha value is 1.29. The summed E-state index contributed by atoms with van der Waals surface area (Å²) in [4.78, 5) is 0. The normalized spacial score (nSPS) is 0. The van der Waals surface area contributed by atoms with Crippen LogP contribution in [0, 0.1) is 0 Å². The summed E-state index contributed by atoms with van der Waals surface area (Å²) in [7, 11) is 0. The molecule has 0 unspecified atom stereocenters. The molecule has 0 aliphatic rings. The Balaban J connectivity index is 0. The van der Waals surface area contributed by atoms with E-state index in [0.717, 1.165) is 0 Å². The topological polar surface area (TPSA) is 114 Å². The summed E-state index contributed by atoms with van der Waals surface area (Å²) in [5.41, 5.74) is 0. The Morgan fingerprint density at radius 3 is 0.500 bits per heavy atom. The monoisotopic (exact) mass is 377 g/mol. The molecule has 0 heterocycles. The molecule has 0 fully saturated rings. The van der Waals surface area contributed by atoms with Gasteiger partial charge < -0.3 is 21.9 Å². The summed E-state index contributed by atoms with van der Waals surface area (Å²) < 4.78 is 0. The maximum Gasteiger partial charge on any atom is 4.00 e. The zero-order valence-electron chi connectivity index (χ0n) is 2.47. The SMILES string of the molecule is [Ir].[O-2].[O-2].[O-2].[O-2].[Sn+4]. The molecule has 41 valence electrons. The van der Waals surface area contributed by atoms with Crippen molar-refractivity contribution in [1.29, 1.82) is 0 Å². The second-order valence-corrected chi connectivity index (χ2v) is 0. The van der Waals surface area contributed by atoms with Gasteiger partial charge in [-0.2, -0.15) is 0 Å². The molecule has 0 spiro atoms. The second kappa shape index (κ2) is 106. The molecule has 0 amide bonds. The molecule has 0 N–H and O–H groups in total. The van der Waals surface area contributed by atoms with Gasteiger partial charge in [-0.3, -0.25) is 0 Å². The van der Waals surface area contributed by atoms with E-state index in [1.165, 1.54) is 0 Å². The smallest absolute Gasteiger partial charge is 2.00 e. The summed E-state index contributed by atoms with van der Waals surface area (Å²) in [6.45, 7) is 0. The molecule has 0 saturated carbocycles. The molecule has 0 rings (SSSR count). The molecule has 0 atom stereocenters. The van der Waals surface area contributed by atoms with Crippen LogP contribution in [0.1, 0.15) is 0 Å². The van der Waals surface area contributed by atoms with E-state index in [9.17, 15) is 0 Å². The Morgan fingerprint density at radius 1 is 0.500 bits per heavy atom. The van der Waals surface area contributed by atoms with E-state index in [-0.39, 0.29) is 65.9 Å². The van der Waals surface area contributed by atoms with Gasteiger partial charge in [0.05, 0.1) is 0 Å². The molecule has 4 nitrogen and oxygen atoms in total. The largest absolute Gasteiger partial charge is 4.00 e. The third kappa shape index (κ3) is 58.6. The van der Waals surface area contributed by atoms with Gasteiger partial charge in [0.15, 0.2) is 0 Å². The first-order valence-electron chi connectivity index (χ1n) is 0. The first-order chi connectivity index (χ1) is 0. The minimum absolute atomic E-state index is 0. The zero-order valence-corrected chi connectivity index (χ0v) is 7.72. The van der Waals surface area contributed by atoms with Crippen molar-refractivity contribution in [3.63, 3.8) is 0 Å². The average molecular weight is 375 g/mol.